The van der Waals surface area contributed by atoms with Crippen LogP contribution in [0.4, 0.5) is 4.79 Å². The van der Waals surface area contributed by atoms with Crippen LogP contribution in [0, 0.1) is 5.41 Å². The molecule has 1 aliphatic heterocycles. The van der Waals surface area contributed by atoms with Crippen LogP contribution in [-0.4, -0.2) is 59.1 Å². The minimum absolute atomic E-state index is 0.0918. The number of carboxylic acid groups (broad SMARTS) is 1. The zero-order valence-corrected chi connectivity index (χ0v) is 16.4. The molecule has 1 saturated heterocycles. The Morgan fingerprint density at radius 1 is 1.17 bits per heavy atom. The summed E-state index contributed by atoms with van der Waals surface area (Å²) in [5.74, 6) is 0. The zero-order valence-electron chi connectivity index (χ0n) is 15.4. The van der Waals surface area contributed by atoms with Gasteiger partial charge in [0.2, 0.25) is 0 Å². The zero-order chi connectivity index (χ0) is 18.1. The van der Waals surface area contributed by atoms with Crippen molar-refractivity contribution in [1.29, 1.82) is 0 Å². The minimum atomic E-state index is -2.67. The first-order valence-electron chi connectivity index (χ1n) is 8.96. The van der Waals surface area contributed by atoms with Crippen LogP contribution < -0.4 is 5.32 Å². The molecule has 24 heavy (non-hydrogen) atoms. The van der Waals surface area contributed by atoms with Crippen LogP contribution in [0.1, 0.15) is 47.0 Å². The summed E-state index contributed by atoms with van der Waals surface area (Å²) in [6.07, 6.45) is 1.43. The van der Waals surface area contributed by atoms with E-state index in [4.69, 9.17) is 23.1 Å². The molecule has 0 spiro atoms. The van der Waals surface area contributed by atoms with Crippen molar-refractivity contribution in [2.75, 3.05) is 33.0 Å². The highest BCUT2D eigenvalue weighted by Crippen LogP contribution is 2.37. The van der Waals surface area contributed by atoms with E-state index in [9.17, 15) is 4.79 Å². The number of nitrogens with one attached hydrogen (secondary N) is 1. The van der Waals surface area contributed by atoms with E-state index in [1.165, 1.54) is 0 Å². The Hall–Kier alpha value is -0.673. The quantitative estimate of drug-likeness (QED) is 0.489. The monoisotopic (exact) mass is 363 g/mol. The van der Waals surface area contributed by atoms with Gasteiger partial charge in [0.15, 0.2) is 0 Å². The fourth-order valence-electron chi connectivity index (χ4n) is 3.22. The molecule has 1 heterocycles. The van der Waals surface area contributed by atoms with Crippen LogP contribution in [-0.2, 0) is 18.0 Å². The van der Waals surface area contributed by atoms with Crippen molar-refractivity contribution >= 4 is 14.9 Å². The smallest absolute Gasteiger partial charge is 0.465 e. The van der Waals surface area contributed by atoms with E-state index in [1.54, 1.807) is 0 Å². The van der Waals surface area contributed by atoms with Gasteiger partial charge in [-0.2, -0.15) is 0 Å². The summed E-state index contributed by atoms with van der Waals surface area (Å²) in [5, 5.41) is 11.8. The van der Waals surface area contributed by atoms with Crippen molar-refractivity contribution in [1.82, 2.24) is 5.32 Å². The molecule has 1 atom stereocenters. The largest absolute Gasteiger partial charge is 0.500 e. The lowest BCUT2D eigenvalue weighted by Gasteiger charge is -2.46. The van der Waals surface area contributed by atoms with E-state index >= 15 is 0 Å². The van der Waals surface area contributed by atoms with Crippen LogP contribution in [0.2, 0.25) is 6.04 Å². The second kappa shape index (κ2) is 10.3. The molecule has 0 saturated carbocycles. The summed E-state index contributed by atoms with van der Waals surface area (Å²) < 4.78 is 22.9. The Labute approximate surface area is 146 Å². The highest BCUT2D eigenvalue weighted by molar-refractivity contribution is 6.60. The van der Waals surface area contributed by atoms with Gasteiger partial charge in [-0.3, -0.25) is 0 Å². The predicted molar refractivity (Wildman–Crippen MR) is 93.2 cm³/mol. The molecule has 0 aromatic carbocycles. The second-order valence-corrected chi connectivity index (χ2v) is 8.82. The van der Waals surface area contributed by atoms with Crippen molar-refractivity contribution in [3.63, 3.8) is 0 Å². The fraction of sp³-hybridized carbons (Fsp3) is 0.938. The molecule has 0 aliphatic carbocycles. The molecular formula is C16H33NO6Si. The van der Waals surface area contributed by atoms with Crippen LogP contribution in [0.25, 0.3) is 0 Å². The van der Waals surface area contributed by atoms with Gasteiger partial charge < -0.3 is 28.4 Å². The van der Waals surface area contributed by atoms with E-state index in [-0.39, 0.29) is 11.5 Å². The lowest BCUT2D eigenvalue weighted by atomic mass is 9.74. The van der Waals surface area contributed by atoms with Gasteiger partial charge in [0.25, 0.3) is 0 Å². The molecule has 0 aromatic heterocycles. The summed E-state index contributed by atoms with van der Waals surface area (Å²) in [7, 11) is -2.67. The standard InChI is InChI=1S/C16H33NO6Si/c1-5-16(12-20-13-16)14(17-15(18)19)10-9-11-24(21-6-2,22-7-3)23-8-4/h14,17H,5-13H2,1-4H3,(H,18,19). The number of rotatable bonds is 13. The second-order valence-electron chi connectivity index (χ2n) is 6.09. The number of ether oxygens (including phenoxy) is 1. The van der Waals surface area contributed by atoms with Crippen LogP contribution in [0.5, 0.6) is 0 Å². The Bertz CT molecular complexity index is 355. The summed E-state index contributed by atoms with van der Waals surface area (Å²) in [4.78, 5) is 11.2. The molecule has 7 nitrogen and oxygen atoms in total. The molecule has 8 heteroatoms. The Morgan fingerprint density at radius 3 is 2.04 bits per heavy atom. The highest BCUT2D eigenvalue weighted by Gasteiger charge is 2.46. The third-order valence-electron chi connectivity index (χ3n) is 4.59. The summed E-state index contributed by atoms with van der Waals surface area (Å²) in [5.41, 5.74) is -0.0918. The molecule has 0 bridgehead atoms. The molecule has 142 valence electrons. The van der Waals surface area contributed by atoms with Crippen molar-refractivity contribution in [2.45, 2.75) is 59.0 Å². The Morgan fingerprint density at radius 2 is 1.71 bits per heavy atom. The topological polar surface area (TPSA) is 86.3 Å². The summed E-state index contributed by atoms with van der Waals surface area (Å²) in [6, 6.07) is 0.575. The molecule has 0 radical (unpaired) electrons. The van der Waals surface area contributed by atoms with E-state index in [1.807, 2.05) is 20.8 Å². The maximum atomic E-state index is 11.2. The molecule has 1 aliphatic rings. The minimum Gasteiger partial charge on any atom is -0.465 e. The molecule has 1 amide bonds. The first-order chi connectivity index (χ1) is 11.5. The van der Waals surface area contributed by atoms with Gasteiger partial charge in [0, 0.05) is 37.3 Å². The number of carbonyl (C=O) groups is 1. The van der Waals surface area contributed by atoms with Crippen molar-refractivity contribution < 1.29 is 27.9 Å². The van der Waals surface area contributed by atoms with Crippen LogP contribution in [0.3, 0.4) is 0 Å². The van der Waals surface area contributed by atoms with E-state index in [0.717, 1.165) is 19.3 Å². The SMILES string of the molecule is CCO[Si](CCCC(NC(=O)O)C1(CC)COC1)(OCC)OCC. The first kappa shape index (κ1) is 21.4. The third-order valence-corrected chi connectivity index (χ3v) is 7.74. The van der Waals surface area contributed by atoms with E-state index in [0.29, 0.717) is 39.1 Å². The molecule has 0 aromatic rings. The lowest BCUT2D eigenvalue weighted by molar-refractivity contribution is -0.134. The normalized spacial score (nSPS) is 18.0. The van der Waals surface area contributed by atoms with Gasteiger partial charge >= 0.3 is 14.9 Å². The average Bonchev–Trinajstić information content (AvgIpc) is 2.46. The number of amides is 1. The summed E-state index contributed by atoms with van der Waals surface area (Å²) in [6.45, 7) is 10.8. The Kier molecular flexibility index (Phi) is 9.21. The van der Waals surface area contributed by atoms with Gasteiger partial charge in [0.05, 0.1) is 13.2 Å². The molecule has 2 N–H and O–H groups in total. The third kappa shape index (κ3) is 5.70. The first-order valence-corrected chi connectivity index (χ1v) is 10.9. The highest BCUT2D eigenvalue weighted by atomic mass is 28.4. The molecule has 1 rings (SSSR count). The Balaban J connectivity index is 2.68. The average molecular weight is 364 g/mol. The number of hydrogen-bond acceptors (Lipinski definition) is 5. The van der Waals surface area contributed by atoms with E-state index in [2.05, 4.69) is 12.2 Å². The van der Waals surface area contributed by atoms with Crippen molar-refractivity contribution in [2.24, 2.45) is 5.41 Å². The van der Waals surface area contributed by atoms with Crippen molar-refractivity contribution in [3.05, 3.63) is 0 Å². The van der Waals surface area contributed by atoms with Crippen LogP contribution >= 0.6 is 0 Å². The molecule has 1 unspecified atom stereocenters. The molecular weight excluding hydrogens is 330 g/mol. The van der Waals surface area contributed by atoms with Gasteiger partial charge in [-0.25, -0.2) is 4.79 Å². The fourth-order valence-corrected chi connectivity index (χ4v) is 5.86. The van der Waals surface area contributed by atoms with Crippen molar-refractivity contribution in [3.8, 4) is 0 Å². The lowest BCUT2D eigenvalue weighted by Crippen LogP contribution is -2.57. The predicted octanol–water partition coefficient (Wildman–Crippen LogP) is 2.88. The van der Waals surface area contributed by atoms with Gasteiger partial charge in [-0.05, 0) is 40.0 Å². The van der Waals surface area contributed by atoms with Gasteiger partial charge in [-0.1, -0.05) is 6.92 Å². The maximum absolute atomic E-state index is 11.2. The van der Waals surface area contributed by atoms with Gasteiger partial charge in [0.1, 0.15) is 0 Å². The van der Waals surface area contributed by atoms with Crippen LogP contribution in [0.15, 0.2) is 0 Å². The maximum Gasteiger partial charge on any atom is 0.500 e. The van der Waals surface area contributed by atoms with Gasteiger partial charge in [-0.15, -0.1) is 0 Å². The van der Waals surface area contributed by atoms with E-state index < -0.39 is 14.9 Å². The number of hydrogen-bond donors (Lipinski definition) is 2. The molecule has 1 fully saturated rings. The summed E-state index contributed by atoms with van der Waals surface area (Å²) >= 11 is 0.